The van der Waals surface area contributed by atoms with Crippen molar-refractivity contribution in [3.05, 3.63) is 16.7 Å². The van der Waals surface area contributed by atoms with Crippen molar-refractivity contribution in [3.8, 4) is 0 Å². The van der Waals surface area contributed by atoms with Gasteiger partial charge in [-0.25, -0.2) is 13.4 Å². The van der Waals surface area contributed by atoms with Crippen molar-refractivity contribution in [2.24, 2.45) is 0 Å². The summed E-state index contributed by atoms with van der Waals surface area (Å²) in [5.74, 6) is 0.280. The molecule has 1 aromatic rings. The van der Waals surface area contributed by atoms with Crippen molar-refractivity contribution >= 4 is 31.8 Å². The third kappa shape index (κ3) is 4.15. The second kappa shape index (κ2) is 6.38. The molecule has 0 aliphatic rings. The molecule has 8 heteroatoms. The highest BCUT2D eigenvalue weighted by molar-refractivity contribution is 9.10. The second-order valence-electron chi connectivity index (χ2n) is 4.99. The van der Waals surface area contributed by atoms with E-state index >= 15 is 0 Å². The molecule has 1 aromatic heterocycles. The fraction of sp³-hybridized carbons (Fsp3) is 0.583. The molecular weight excluding hydrogens is 346 g/mol. The predicted octanol–water partition coefficient (Wildman–Crippen LogP) is 1.67. The minimum atomic E-state index is -3.73. The van der Waals surface area contributed by atoms with E-state index in [2.05, 4.69) is 26.2 Å². The number of aliphatic hydroxyl groups is 1. The highest BCUT2D eigenvalue weighted by atomic mass is 79.9. The Kier molecular flexibility index (Phi) is 5.54. The van der Waals surface area contributed by atoms with E-state index in [0.29, 0.717) is 4.47 Å². The molecule has 1 heterocycles. The topological polar surface area (TPSA) is 82.5 Å². The maximum absolute atomic E-state index is 12.7. The van der Waals surface area contributed by atoms with Crippen LogP contribution in [0.4, 0.5) is 5.82 Å². The number of sulfonamides is 1. The molecule has 0 atom stereocenters. The van der Waals surface area contributed by atoms with Crippen LogP contribution in [0, 0.1) is 0 Å². The van der Waals surface area contributed by atoms with Crippen molar-refractivity contribution < 1.29 is 13.5 Å². The zero-order valence-electron chi connectivity index (χ0n) is 12.0. The average molecular weight is 366 g/mol. The lowest BCUT2D eigenvalue weighted by Crippen LogP contribution is -2.42. The Bertz CT molecular complexity index is 570. The van der Waals surface area contributed by atoms with Crippen LogP contribution in [0.15, 0.2) is 21.6 Å². The zero-order valence-corrected chi connectivity index (χ0v) is 14.4. The van der Waals surface area contributed by atoms with Crippen molar-refractivity contribution in [2.45, 2.75) is 31.3 Å². The lowest BCUT2D eigenvalue weighted by atomic mass is 10.1. The molecule has 0 aliphatic carbocycles. The van der Waals surface area contributed by atoms with E-state index in [0.717, 1.165) is 0 Å². The number of anilines is 1. The summed E-state index contributed by atoms with van der Waals surface area (Å²) in [5.41, 5.74) is -1.11. The van der Waals surface area contributed by atoms with Crippen LogP contribution in [-0.2, 0) is 10.0 Å². The van der Waals surface area contributed by atoms with Gasteiger partial charge < -0.3 is 10.4 Å². The van der Waals surface area contributed by atoms with Gasteiger partial charge in [0.25, 0.3) is 0 Å². The fourth-order valence-electron chi connectivity index (χ4n) is 1.74. The highest BCUT2D eigenvalue weighted by Crippen LogP contribution is 2.26. The smallest absolute Gasteiger partial charge is 0.246 e. The normalized spacial score (nSPS) is 12.8. The summed E-state index contributed by atoms with van der Waals surface area (Å²) in [6, 6.07) is 1.50. The molecule has 6 nitrogen and oxygen atoms in total. The molecule has 0 saturated carbocycles. The van der Waals surface area contributed by atoms with Gasteiger partial charge in [0.15, 0.2) is 0 Å². The number of likely N-dealkylation sites (N-methyl/N-ethyl adjacent to an activating group) is 1. The van der Waals surface area contributed by atoms with Crippen molar-refractivity contribution in [1.29, 1.82) is 0 Å². The summed E-state index contributed by atoms with van der Waals surface area (Å²) in [6.07, 6.45) is 1.52. The van der Waals surface area contributed by atoms with Crippen LogP contribution in [0.3, 0.4) is 0 Å². The molecule has 0 saturated heterocycles. The fourth-order valence-corrected chi connectivity index (χ4v) is 4.00. The van der Waals surface area contributed by atoms with Gasteiger partial charge in [0.05, 0.1) is 5.60 Å². The van der Waals surface area contributed by atoms with Crippen molar-refractivity contribution in [3.63, 3.8) is 0 Å². The monoisotopic (exact) mass is 365 g/mol. The minimum Gasteiger partial charge on any atom is -0.389 e. The molecule has 1 rings (SSSR count). The van der Waals surface area contributed by atoms with E-state index in [9.17, 15) is 13.5 Å². The Hall–Kier alpha value is -0.700. The Labute approximate surface area is 128 Å². The van der Waals surface area contributed by atoms with E-state index in [1.807, 2.05) is 0 Å². The third-order valence-corrected chi connectivity index (χ3v) is 4.96. The van der Waals surface area contributed by atoms with Crippen LogP contribution < -0.4 is 5.32 Å². The first kappa shape index (κ1) is 17.4. The molecule has 0 radical (unpaired) electrons. The highest BCUT2D eigenvalue weighted by Gasteiger charge is 2.30. The summed E-state index contributed by atoms with van der Waals surface area (Å²) >= 11 is 3.23. The molecule has 2 N–H and O–H groups in total. The molecule has 20 heavy (non-hydrogen) atoms. The van der Waals surface area contributed by atoms with Crippen LogP contribution >= 0.6 is 15.9 Å². The van der Waals surface area contributed by atoms with E-state index in [-0.39, 0.29) is 23.8 Å². The van der Waals surface area contributed by atoms with Crippen LogP contribution in [0.2, 0.25) is 0 Å². The summed E-state index contributed by atoms with van der Waals surface area (Å²) < 4.78 is 27.2. The summed E-state index contributed by atoms with van der Waals surface area (Å²) in [6.45, 7) is 5.16. The standard InChI is InChI=1S/C12H20BrN3O3S/c1-5-16(8-12(2,3)17)20(18,19)10-6-9(13)7-15-11(10)14-4/h6-7,17H,5,8H2,1-4H3,(H,14,15). The molecule has 0 aliphatic heterocycles. The van der Waals surface area contributed by atoms with Gasteiger partial charge in [-0.05, 0) is 35.8 Å². The van der Waals surface area contributed by atoms with Crippen LogP contribution in [-0.4, -0.2) is 48.6 Å². The van der Waals surface area contributed by atoms with Gasteiger partial charge in [-0.2, -0.15) is 4.31 Å². The first-order chi connectivity index (χ1) is 9.11. The number of hydrogen-bond acceptors (Lipinski definition) is 5. The lowest BCUT2D eigenvalue weighted by molar-refractivity contribution is 0.0601. The Balaban J connectivity index is 3.30. The molecule has 0 unspecified atom stereocenters. The van der Waals surface area contributed by atoms with Crippen LogP contribution in [0.5, 0.6) is 0 Å². The van der Waals surface area contributed by atoms with Crippen LogP contribution in [0.25, 0.3) is 0 Å². The molecule has 0 bridgehead atoms. The number of nitrogens with one attached hydrogen (secondary N) is 1. The maximum atomic E-state index is 12.7. The number of aromatic nitrogens is 1. The van der Waals surface area contributed by atoms with Gasteiger partial charge >= 0.3 is 0 Å². The van der Waals surface area contributed by atoms with E-state index in [1.54, 1.807) is 27.8 Å². The van der Waals surface area contributed by atoms with Gasteiger partial charge in [0.1, 0.15) is 10.7 Å². The minimum absolute atomic E-state index is 0.0154. The largest absolute Gasteiger partial charge is 0.389 e. The first-order valence-corrected chi connectivity index (χ1v) is 8.41. The summed E-state index contributed by atoms with van der Waals surface area (Å²) in [7, 11) is -2.12. The first-order valence-electron chi connectivity index (χ1n) is 6.17. The summed E-state index contributed by atoms with van der Waals surface area (Å²) in [4.78, 5) is 4.13. The average Bonchev–Trinajstić information content (AvgIpc) is 2.34. The Morgan fingerprint density at radius 3 is 2.55 bits per heavy atom. The number of hydrogen-bond donors (Lipinski definition) is 2. The zero-order chi connectivity index (χ0) is 15.6. The lowest BCUT2D eigenvalue weighted by Gasteiger charge is -2.27. The maximum Gasteiger partial charge on any atom is 0.246 e. The van der Waals surface area contributed by atoms with Crippen molar-refractivity contribution in [1.82, 2.24) is 9.29 Å². The third-order valence-electron chi connectivity index (χ3n) is 2.59. The molecule has 0 amide bonds. The van der Waals surface area contributed by atoms with Gasteiger partial charge in [-0.1, -0.05) is 6.92 Å². The Morgan fingerprint density at radius 2 is 2.10 bits per heavy atom. The number of halogens is 1. The SMILES string of the molecule is CCN(CC(C)(C)O)S(=O)(=O)c1cc(Br)cnc1NC. The summed E-state index contributed by atoms with van der Waals surface area (Å²) in [5, 5.41) is 12.6. The van der Waals surface area contributed by atoms with Gasteiger partial charge in [0.2, 0.25) is 10.0 Å². The molecular formula is C12H20BrN3O3S. The molecule has 0 aromatic carbocycles. The Morgan fingerprint density at radius 1 is 1.50 bits per heavy atom. The second-order valence-corrected chi connectivity index (χ2v) is 7.82. The molecule has 114 valence electrons. The van der Waals surface area contributed by atoms with E-state index < -0.39 is 15.6 Å². The van der Waals surface area contributed by atoms with Gasteiger partial charge in [-0.15, -0.1) is 0 Å². The van der Waals surface area contributed by atoms with E-state index in [4.69, 9.17) is 0 Å². The molecule has 0 fully saturated rings. The van der Waals surface area contributed by atoms with E-state index in [1.165, 1.54) is 16.6 Å². The quantitative estimate of drug-likeness (QED) is 0.800. The van der Waals surface area contributed by atoms with Crippen LogP contribution in [0.1, 0.15) is 20.8 Å². The number of pyridine rings is 1. The van der Waals surface area contributed by atoms with Gasteiger partial charge in [-0.3, -0.25) is 0 Å². The number of rotatable bonds is 6. The number of nitrogens with zero attached hydrogens (tertiary/aromatic N) is 2. The predicted molar refractivity (Wildman–Crippen MR) is 82.2 cm³/mol. The molecule has 0 spiro atoms. The van der Waals surface area contributed by atoms with Gasteiger partial charge in [0, 0.05) is 30.8 Å². The van der Waals surface area contributed by atoms with Crippen molar-refractivity contribution in [2.75, 3.05) is 25.5 Å².